The molecule has 1 unspecified atom stereocenters. The second-order valence-electron chi connectivity index (χ2n) is 4.67. The van der Waals surface area contributed by atoms with Crippen molar-refractivity contribution in [2.75, 3.05) is 17.2 Å². The summed E-state index contributed by atoms with van der Waals surface area (Å²) in [5, 5.41) is 10.7. The highest BCUT2D eigenvalue weighted by Crippen LogP contribution is 2.32. The lowest BCUT2D eigenvalue weighted by Gasteiger charge is -2.16. The molecule has 0 N–H and O–H groups in total. The van der Waals surface area contributed by atoms with Crippen molar-refractivity contribution in [2.45, 2.75) is 6.42 Å². The van der Waals surface area contributed by atoms with Crippen molar-refractivity contribution < 1.29 is 22.0 Å². The largest absolute Gasteiger partial charge is 0.312 e. The maximum absolute atomic E-state index is 12.7. The maximum Gasteiger partial charge on any atom is 0.302 e. The van der Waals surface area contributed by atoms with Crippen LogP contribution < -0.4 is 4.90 Å². The van der Waals surface area contributed by atoms with E-state index in [0.717, 1.165) is 0 Å². The smallest absolute Gasteiger partial charge is 0.302 e. The Morgan fingerprint density at radius 1 is 1.48 bits per heavy atom. The molecule has 21 heavy (non-hydrogen) atoms. The summed E-state index contributed by atoms with van der Waals surface area (Å²) >= 11 is 3.04. The van der Waals surface area contributed by atoms with E-state index in [9.17, 15) is 27.2 Å². The van der Waals surface area contributed by atoms with Gasteiger partial charge in [0, 0.05) is 30.6 Å². The first-order chi connectivity index (χ1) is 9.67. The fourth-order valence-electron chi connectivity index (χ4n) is 2.24. The Labute approximate surface area is 128 Å². The van der Waals surface area contributed by atoms with Crippen LogP contribution in [0.1, 0.15) is 6.42 Å². The molecule has 1 aromatic carbocycles. The Balaban J connectivity index is 2.21. The van der Waals surface area contributed by atoms with Crippen molar-refractivity contribution in [1.29, 1.82) is 0 Å². The number of hydrogen-bond donors (Lipinski definition) is 0. The standard InChI is InChI=1S/C11H10BrFN2O5S/c12-9-4-8(1-2-10(9)15(17)18)14-5-7(3-11(14)16)6-21(13,19)20/h1-2,4,7H,3,5-6H2. The van der Waals surface area contributed by atoms with Gasteiger partial charge < -0.3 is 4.90 Å². The van der Waals surface area contributed by atoms with Gasteiger partial charge in [-0.1, -0.05) is 0 Å². The third-order valence-corrected chi connectivity index (χ3v) is 4.58. The minimum Gasteiger partial charge on any atom is -0.312 e. The highest BCUT2D eigenvalue weighted by Gasteiger charge is 2.34. The van der Waals surface area contributed by atoms with Crippen molar-refractivity contribution in [3.63, 3.8) is 0 Å². The fourth-order valence-corrected chi connectivity index (χ4v) is 3.53. The van der Waals surface area contributed by atoms with E-state index in [0.29, 0.717) is 5.69 Å². The quantitative estimate of drug-likeness (QED) is 0.452. The molecule has 1 aromatic rings. The maximum atomic E-state index is 12.7. The lowest BCUT2D eigenvalue weighted by atomic mass is 10.1. The molecule has 114 valence electrons. The van der Waals surface area contributed by atoms with Crippen LogP contribution in [-0.4, -0.2) is 31.5 Å². The third kappa shape index (κ3) is 3.76. The molecule has 7 nitrogen and oxygen atoms in total. The number of carbonyl (C=O) groups excluding carboxylic acids is 1. The monoisotopic (exact) mass is 380 g/mol. The molecule has 0 spiro atoms. The van der Waals surface area contributed by atoms with E-state index in [2.05, 4.69) is 15.9 Å². The molecule has 0 bridgehead atoms. The van der Waals surface area contributed by atoms with Crippen LogP contribution in [0.2, 0.25) is 0 Å². The SMILES string of the molecule is O=C1CC(CS(=O)(=O)F)CN1c1ccc([N+](=O)[O-])c(Br)c1. The molecular weight excluding hydrogens is 371 g/mol. The van der Waals surface area contributed by atoms with Gasteiger partial charge in [-0.05, 0) is 28.1 Å². The Hall–Kier alpha value is -1.55. The van der Waals surface area contributed by atoms with Crippen LogP contribution >= 0.6 is 15.9 Å². The molecule has 1 heterocycles. The lowest BCUT2D eigenvalue weighted by Crippen LogP contribution is -2.25. The number of nitrogens with zero attached hydrogens (tertiary/aromatic N) is 2. The summed E-state index contributed by atoms with van der Waals surface area (Å²) in [5.41, 5.74) is 0.254. The van der Waals surface area contributed by atoms with Crippen molar-refractivity contribution in [2.24, 2.45) is 5.92 Å². The molecule has 0 aliphatic carbocycles. The molecule has 1 aliphatic rings. The first-order valence-electron chi connectivity index (χ1n) is 5.84. The van der Waals surface area contributed by atoms with Gasteiger partial charge in [0.1, 0.15) is 0 Å². The van der Waals surface area contributed by atoms with Gasteiger partial charge in [0.2, 0.25) is 5.91 Å². The van der Waals surface area contributed by atoms with E-state index < -0.39 is 26.8 Å². The zero-order chi connectivity index (χ0) is 15.8. The van der Waals surface area contributed by atoms with E-state index >= 15 is 0 Å². The Morgan fingerprint density at radius 2 is 2.14 bits per heavy atom. The summed E-state index contributed by atoms with van der Waals surface area (Å²) < 4.78 is 34.1. The number of nitro benzene ring substituents is 1. The van der Waals surface area contributed by atoms with Gasteiger partial charge >= 0.3 is 10.2 Å². The zero-order valence-corrected chi connectivity index (χ0v) is 12.9. The van der Waals surface area contributed by atoms with Crippen LogP contribution in [0.4, 0.5) is 15.3 Å². The summed E-state index contributed by atoms with van der Waals surface area (Å²) in [7, 11) is -4.64. The van der Waals surface area contributed by atoms with E-state index in [-0.39, 0.29) is 29.0 Å². The van der Waals surface area contributed by atoms with Gasteiger partial charge in [0.15, 0.2) is 0 Å². The predicted octanol–water partition coefficient (Wildman–Crippen LogP) is 2.01. The summed E-state index contributed by atoms with van der Waals surface area (Å²) in [4.78, 5) is 23.3. The van der Waals surface area contributed by atoms with E-state index in [1.54, 1.807) is 0 Å². The molecule has 0 saturated carbocycles. The number of nitro groups is 1. The third-order valence-electron chi connectivity index (χ3n) is 3.08. The van der Waals surface area contributed by atoms with E-state index in [1.165, 1.54) is 23.1 Å². The van der Waals surface area contributed by atoms with Crippen molar-refractivity contribution >= 4 is 43.4 Å². The number of carbonyl (C=O) groups is 1. The molecule has 0 aromatic heterocycles. The fraction of sp³-hybridized carbons (Fsp3) is 0.364. The van der Waals surface area contributed by atoms with Crippen molar-refractivity contribution in [3.8, 4) is 0 Å². The van der Waals surface area contributed by atoms with Crippen LogP contribution in [0.5, 0.6) is 0 Å². The summed E-state index contributed by atoms with van der Waals surface area (Å²) in [6.45, 7) is 0.0617. The molecule has 0 radical (unpaired) electrons. The van der Waals surface area contributed by atoms with Gasteiger partial charge in [0.25, 0.3) is 5.69 Å². The molecule has 1 saturated heterocycles. The topological polar surface area (TPSA) is 97.6 Å². The van der Waals surface area contributed by atoms with Crippen LogP contribution in [0.3, 0.4) is 0 Å². The van der Waals surface area contributed by atoms with Crippen LogP contribution in [0.25, 0.3) is 0 Å². The molecule has 1 fully saturated rings. The van der Waals surface area contributed by atoms with Crippen molar-refractivity contribution in [1.82, 2.24) is 0 Å². The predicted molar refractivity (Wildman–Crippen MR) is 76.2 cm³/mol. The minimum absolute atomic E-state index is 0.0617. The highest BCUT2D eigenvalue weighted by atomic mass is 79.9. The molecule has 1 aliphatic heterocycles. The molecule has 10 heteroatoms. The van der Waals surface area contributed by atoms with E-state index in [1.807, 2.05) is 0 Å². The first kappa shape index (κ1) is 15.8. The number of rotatable bonds is 4. The number of benzene rings is 1. The van der Waals surface area contributed by atoms with Gasteiger partial charge in [-0.2, -0.15) is 8.42 Å². The Bertz CT molecular complexity index is 709. The average Bonchev–Trinajstić information content (AvgIpc) is 2.66. The van der Waals surface area contributed by atoms with E-state index in [4.69, 9.17) is 0 Å². The summed E-state index contributed by atoms with van der Waals surface area (Å²) in [6, 6.07) is 4.04. The van der Waals surface area contributed by atoms with Gasteiger partial charge in [-0.15, -0.1) is 3.89 Å². The minimum atomic E-state index is -4.64. The van der Waals surface area contributed by atoms with Crippen LogP contribution in [-0.2, 0) is 15.0 Å². The molecular formula is C11H10BrFN2O5S. The van der Waals surface area contributed by atoms with Crippen molar-refractivity contribution in [3.05, 3.63) is 32.8 Å². The second kappa shape index (κ2) is 5.68. The van der Waals surface area contributed by atoms with Crippen LogP contribution in [0.15, 0.2) is 22.7 Å². The Morgan fingerprint density at radius 3 is 2.67 bits per heavy atom. The molecule has 1 atom stereocenters. The summed E-state index contributed by atoms with van der Waals surface area (Å²) in [5.74, 6) is -1.67. The normalized spacial score (nSPS) is 19.0. The lowest BCUT2D eigenvalue weighted by molar-refractivity contribution is -0.385. The first-order valence-corrected chi connectivity index (χ1v) is 8.18. The molecule has 1 amide bonds. The average molecular weight is 381 g/mol. The van der Waals surface area contributed by atoms with Gasteiger partial charge in [0.05, 0.1) is 15.1 Å². The number of amides is 1. The highest BCUT2D eigenvalue weighted by molar-refractivity contribution is 9.10. The number of hydrogen-bond acceptors (Lipinski definition) is 5. The number of anilines is 1. The number of halogens is 2. The van der Waals surface area contributed by atoms with Crippen LogP contribution in [0, 0.1) is 16.0 Å². The van der Waals surface area contributed by atoms with Gasteiger partial charge in [-0.25, -0.2) is 0 Å². The molecule has 2 rings (SSSR count). The Kier molecular flexibility index (Phi) is 4.28. The van der Waals surface area contributed by atoms with Gasteiger partial charge in [-0.3, -0.25) is 14.9 Å². The second-order valence-corrected chi connectivity index (χ2v) is 6.94. The summed E-state index contributed by atoms with van der Waals surface area (Å²) in [6.07, 6.45) is -0.0717. The zero-order valence-electron chi connectivity index (χ0n) is 10.5.